The molecule has 0 spiro atoms. The Bertz CT molecular complexity index is 1090. The molecule has 30 heavy (non-hydrogen) atoms. The van der Waals surface area contributed by atoms with E-state index < -0.39 is 0 Å². The predicted octanol–water partition coefficient (Wildman–Crippen LogP) is 3.07. The first kappa shape index (κ1) is 20.2. The second kappa shape index (κ2) is 8.71. The second-order valence-electron chi connectivity index (χ2n) is 7.22. The highest BCUT2D eigenvalue weighted by molar-refractivity contribution is 7.08. The standard InChI is InChI=1S/C22H23N3O4S/c1-28-18-4-3-14(9-19(18)29-2)10-21(27)25-7-5-15(12-25)22-23-17(11-20(26)24-22)16-6-8-30-13-16/h3-4,6,8-9,11,13,15H,5,7,10,12H2,1-2H3,(H,23,24,26)/t15-/m0/s1. The molecule has 7 nitrogen and oxygen atoms in total. The average molecular weight is 426 g/mol. The molecule has 8 heteroatoms. The van der Waals surface area contributed by atoms with Crippen molar-refractivity contribution in [1.82, 2.24) is 14.9 Å². The highest BCUT2D eigenvalue weighted by Gasteiger charge is 2.29. The first-order valence-electron chi connectivity index (χ1n) is 9.70. The van der Waals surface area contributed by atoms with E-state index in [1.807, 2.05) is 33.9 Å². The maximum Gasteiger partial charge on any atom is 0.251 e. The van der Waals surface area contributed by atoms with Crippen LogP contribution in [0.2, 0.25) is 0 Å². The summed E-state index contributed by atoms with van der Waals surface area (Å²) in [4.78, 5) is 34.3. The number of aromatic nitrogens is 2. The fraction of sp³-hybridized carbons (Fsp3) is 0.318. The quantitative estimate of drug-likeness (QED) is 0.656. The van der Waals surface area contributed by atoms with Gasteiger partial charge in [0.25, 0.3) is 5.56 Å². The number of nitrogens with zero attached hydrogens (tertiary/aromatic N) is 2. The van der Waals surface area contributed by atoms with Crippen LogP contribution >= 0.6 is 11.3 Å². The molecule has 1 amide bonds. The number of nitrogens with one attached hydrogen (secondary N) is 1. The van der Waals surface area contributed by atoms with E-state index in [-0.39, 0.29) is 23.8 Å². The minimum atomic E-state index is -0.170. The van der Waals surface area contributed by atoms with Crippen LogP contribution in [0, 0.1) is 0 Å². The molecule has 1 aliphatic rings. The van der Waals surface area contributed by atoms with E-state index in [2.05, 4.69) is 9.97 Å². The van der Waals surface area contributed by atoms with Gasteiger partial charge in [-0.1, -0.05) is 6.07 Å². The van der Waals surface area contributed by atoms with Crippen molar-refractivity contribution < 1.29 is 14.3 Å². The van der Waals surface area contributed by atoms with E-state index in [0.717, 1.165) is 17.5 Å². The third-order valence-corrected chi connectivity index (χ3v) is 5.99. The van der Waals surface area contributed by atoms with E-state index in [0.29, 0.717) is 36.1 Å². The van der Waals surface area contributed by atoms with Crippen LogP contribution in [0.5, 0.6) is 11.5 Å². The first-order chi connectivity index (χ1) is 14.6. The smallest absolute Gasteiger partial charge is 0.251 e. The van der Waals surface area contributed by atoms with Crippen molar-refractivity contribution in [3.8, 4) is 22.8 Å². The number of carbonyl (C=O) groups is 1. The topological polar surface area (TPSA) is 84.5 Å². The Morgan fingerprint density at radius 2 is 2.07 bits per heavy atom. The molecule has 0 radical (unpaired) electrons. The number of likely N-dealkylation sites (tertiary alicyclic amines) is 1. The van der Waals surface area contributed by atoms with E-state index in [1.165, 1.54) is 6.07 Å². The normalized spacial score (nSPS) is 15.9. The molecule has 3 heterocycles. The Morgan fingerprint density at radius 1 is 1.23 bits per heavy atom. The van der Waals surface area contributed by atoms with Crippen molar-refractivity contribution >= 4 is 17.2 Å². The van der Waals surface area contributed by atoms with Crippen LogP contribution in [-0.4, -0.2) is 48.1 Å². The molecule has 2 aromatic heterocycles. The maximum atomic E-state index is 12.8. The van der Waals surface area contributed by atoms with Gasteiger partial charge in [-0.25, -0.2) is 4.98 Å². The van der Waals surface area contributed by atoms with Crippen LogP contribution in [0.3, 0.4) is 0 Å². The molecule has 1 N–H and O–H groups in total. The minimum absolute atomic E-state index is 0.0191. The zero-order valence-electron chi connectivity index (χ0n) is 16.9. The molecule has 0 aliphatic carbocycles. The van der Waals surface area contributed by atoms with Crippen molar-refractivity contribution in [3.05, 3.63) is 62.8 Å². The number of hydrogen-bond acceptors (Lipinski definition) is 6. The molecule has 1 aromatic carbocycles. The Morgan fingerprint density at radius 3 is 2.80 bits per heavy atom. The first-order valence-corrected chi connectivity index (χ1v) is 10.6. The van der Waals surface area contributed by atoms with Crippen LogP contribution in [0.4, 0.5) is 0 Å². The van der Waals surface area contributed by atoms with Gasteiger partial charge in [0.2, 0.25) is 5.91 Å². The monoisotopic (exact) mass is 425 g/mol. The van der Waals surface area contributed by atoms with Crippen molar-refractivity contribution in [3.63, 3.8) is 0 Å². The fourth-order valence-corrected chi connectivity index (χ4v) is 4.36. The molecular formula is C22H23N3O4S. The number of amides is 1. The van der Waals surface area contributed by atoms with Crippen molar-refractivity contribution in [1.29, 1.82) is 0 Å². The van der Waals surface area contributed by atoms with Gasteiger partial charge < -0.3 is 19.4 Å². The third kappa shape index (κ3) is 4.23. The molecule has 3 aromatic rings. The van der Waals surface area contributed by atoms with E-state index in [4.69, 9.17) is 9.47 Å². The maximum absolute atomic E-state index is 12.8. The van der Waals surface area contributed by atoms with Crippen LogP contribution < -0.4 is 15.0 Å². The number of ether oxygens (including phenoxy) is 2. The van der Waals surface area contributed by atoms with Gasteiger partial charge in [-0.05, 0) is 35.6 Å². The average Bonchev–Trinajstić information content (AvgIpc) is 3.45. The lowest BCUT2D eigenvalue weighted by Crippen LogP contribution is -2.30. The lowest BCUT2D eigenvalue weighted by molar-refractivity contribution is -0.129. The van der Waals surface area contributed by atoms with E-state index in [1.54, 1.807) is 31.6 Å². The zero-order valence-corrected chi connectivity index (χ0v) is 17.7. The summed E-state index contributed by atoms with van der Waals surface area (Å²) in [7, 11) is 3.16. The van der Waals surface area contributed by atoms with Crippen molar-refractivity contribution in [2.45, 2.75) is 18.8 Å². The van der Waals surface area contributed by atoms with E-state index in [9.17, 15) is 9.59 Å². The predicted molar refractivity (Wildman–Crippen MR) is 115 cm³/mol. The highest BCUT2D eigenvalue weighted by Crippen LogP contribution is 2.29. The number of H-pyrrole nitrogens is 1. The Kier molecular flexibility index (Phi) is 5.85. The van der Waals surface area contributed by atoms with Crippen molar-refractivity contribution in [2.75, 3.05) is 27.3 Å². The SMILES string of the molecule is COc1ccc(CC(=O)N2CC[C@H](c3nc(-c4ccsc4)cc(=O)[nH]3)C2)cc1OC. The molecule has 1 atom stereocenters. The zero-order chi connectivity index (χ0) is 21.1. The highest BCUT2D eigenvalue weighted by atomic mass is 32.1. The fourth-order valence-electron chi connectivity index (χ4n) is 3.71. The minimum Gasteiger partial charge on any atom is -0.493 e. The van der Waals surface area contributed by atoms with Crippen LogP contribution in [0.15, 0.2) is 45.9 Å². The van der Waals surface area contributed by atoms with Gasteiger partial charge in [-0.15, -0.1) is 0 Å². The Balaban J connectivity index is 1.46. The molecular weight excluding hydrogens is 402 g/mol. The summed E-state index contributed by atoms with van der Waals surface area (Å²) in [5.41, 5.74) is 2.31. The lowest BCUT2D eigenvalue weighted by Gasteiger charge is -2.17. The number of hydrogen-bond donors (Lipinski definition) is 1. The van der Waals surface area contributed by atoms with Gasteiger partial charge >= 0.3 is 0 Å². The number of rotatable bonds is 6. The molecule has 1 fully saturated rings. The van der Waals surface area contributed by atoms with Gasteiger partial charge in [0, 0.05) is 36.0 Å². The number of methoxy groups -OCH3 is 2. The molecule has 0 bridgehead atoms. The Labute approximate surface area is 178 Å². The molecule has 4 rings (SSSR count). The summed E-state index contributed by atoms with van der Waals surface area (Å²) >= 11 is 1.57. The van der Waals surface area contributed by atoms with Crippen molar-refractivity contribution in [2.24, 2.45) is 0 Å². The summed E-state index contributed by atoms with van der Waals surface area (Å²) in [6, 6.07) is 8.97. The second-order valence-corrected chi connectivity index (χ2v) is 8.00. The number of thiophene rings is 1. The summed E-state index contributed by atoms with van der Waals surface area (Å²) in [5, 5.41) is 3.93. The van der Waals surface area contributed by atoms with Gasteiger partial charge in [-0.3, -0.25) is 9.59 Å². The number of aromatic amines is 1. The van der Waals surface area contributed by atoms with Crippen LogP contribution in [-0.2, 0) is 11.2 Å². The third-order valence-electron chi connectivity index (χ3n) is 5.31. The van der Waals surface area contributed by atoms with Crippen LogP contribution in [0.1, 0.15) is 23.7 Å². The Hall–Kier alpha value is -3.13. The number of benzene rings is 1. The molecule has 1 saturated heterocycles. The number of carbonyl (C=O) groups excluding carboxylic acids is 1. The van der Waals surface area contributed by atoms with Gasteiger partial charge in [0.15, 0.2) is 11.5 Å². The van der Waals surface area contributed by atoms with Gasteiger partial charge in [0.1, 0.15) is 5.82 Å². The summed E-state index contributed by atoms with van der Waals surface area (Å²) < 4.78 is 10.6. The molecule has 0 unspecified atom stereocenters. The molecule has 1 aliphatic heterocycles. The molecule has 156 valence electrons. The van der Waals surface area contributed by atoms with Gasteiger partial charge in [-0.2, -0.15) is 11.3 Å². The molecule has 0 saturated carbocycles. The van der Waals surface area contributed by atoms with Gasteiger partial charge in [0.05, 0.1) is 26.3 Å². The summed E-state index contributed by atoms with van der Waals surface area (Å²) in [6.07, 6.45) is 1.06. The largest absolute Gasteiger partial charge is 0.493 e. The lowest BCUT2D eigenvalue weighted by atomic mass is 10.1. The van der Waals surface area contributed by atoms with Crippen LogP contribution in [0.25, 0.3) is 11.3 Å². The van der Waals surface area contributed by atoms with E-state index >= 15 is 0 Å². The summed E-state index contributed by atoms with van der Waals surface area (Å²) in [6.45, 7) is 1.19. The summed E-state index contributed by atoms with van der Waals surface area (Å²) in [5.74, 6) is 1.95.